The summed E-state index contributed by atoms with van der Waals surface area (Å²) in [6.07, 6.45) is 0. The molecule has 0 spiro atoms. The summed E-state index contributed by atoms with van der Waals surface area (Å²) in [4.78, 5) is 4.36. The minimum absolute atomic E-state index is 0.110. The SMILES string of the molecule is COc1ccc(-c2nc(C(N)C(C)(C)C)no2)cc1. The smallest absolute Gasteiger partial charge is 0.257 e. The van der Waals surface area contributed by atoms with E-state index in [0.29, 0.717) is 11.7 Å². The summed E-state index contributed by atoms with van der Waals surface area (Å²) >= 11 is 0. The maximum atomic E-state index is 6.10. The van der Waals surface area contributed by atoms with Crippen LogP contribution in [0.3, 0.4) is 0 Å². The highest BCUT2D eigenvalue weighted by atomic mass is 16.5. The number of ether oxygens (including phenoxy) is 1. The minimum atomic E-state index is -0.261. The Morgan fingerprint density at radius 3 is 2.37 bits per heavy atom. The number of nitrogens with zero attached hydrogens (tertiary/aromatic N) is 2. The lowest BCUT2D eigenvalue weighted by atomic mass is 9.87. The lowest BCUT2D eigenvalue weighted by Crippen LogP contribution is -2.27. The average molecular weight is 261 g/mol. The van der Waals surface area contributed by atoms with Crippen LogP contribution in [0.5, 0.6) is 5.75 Å². The van der Waals surface area contributed by atoms with Gasteiger partial charge in [0.05, 0.1) is 13.2 Å². The number of methoxy groups -OCH3 is 1. The average Bonchev–Trinajstić information content (AvgIpc) is 2.86. The van der Waals surface area contributed by atoms with Gasteiger partial charge in [-0.2, -0.15) is 4.98 Å². The van der Waals surface area contributed by atoms with Crippen LogP contribution in [0, 0.1) is 5.41 Å². The lowest BCUT2D eigenvalue weighted by molar-refractivity contribution is 0.303. The van der Waals surface area contributed by atoms with Crippen LogP contribution in [0.1, 0.15) is 32.6 Å². The molecule has 2 aromatic rings. The van der Waals surface area contributed by atoms with E-state index in [9.17, 15) is 0 Å². The standard InChI is InChI=1S/C14H19N3O2/c1-14(2,3)11(15)12-16-13(19-17-12)9-5-7-10(18-4)8-6-9/h5-8,11H,15H2,1-4H3. The van der Waals surface area contributed by atoms with Gasteiger partial charge >= 0.3 is 0 Å². The van der Waals surface area contributed by atoms with Crippen molar-refractivity contribution in [2.24, 2.45) is 11.1 Å². The van der Waals surface area contributed by atoms with Crippen LogP contribution < -0.4 is 10.5 Å². The predicted molar refractivity (Wildman–Crippen MR) is 72.7 cm³/mol. The van der Waals surface area contributed by atoms with E-state index in [4.69, 9.17) is 15.0 Å². The van der Waals surface area contributed by atoms with Crippen LogP contribution in [-0.4, -0.2) is 17.3 Å². The molecule has 2 N–H and O–H groups in total. The van der Waals surface area contributed by atoms with E-state index in [1.54, 1.807) is 7.11 Å². The minimum Gasteiger partial charge on any atom is -0.497 e. The Hall–Kier alpha value is -1.88. The molecule has 0 saturated heterocycles. The Balaban J connectivity index is 2.25. The van der Waals surface area contributed by atoms with Gasteiger partial charge in [-0.15, -0.1) is 0 Å². The molecule has 0 fully saturated rings. The molecule has 0 bridgehead atoms. The number of aromatic nitrogens is 2. The monoisotopic (exact) mass is 261 g/mol. The van der Waals surface area contributed by atoms with Gasteiger partial charge in [0.15, 0.2) is 5.82 Å². The molecular weight excluding hydrogens is 242 g/mol. The number of benzene rings is 1. The van der Waals surface area contributed by atoms with Gasteiger partial charge in [-0.3, -0.25) is 0 Å². The molecule has 19 heavy (non-hydrogen) atoms. The van der Waals surface area contributed by atoms with Crippen molar-refractivity contribution in [3.05, 3.63) is 30.1 Å². The number of hydrogen-bond acceptors (Lipinski definition) is 5. The summed E-state index contributed by atoms with van der Waals surface area (Å²) in [6, 6.07) is 7.19. The molecular formula is C14H19N3O2. The fourth-order valence-corrected chi connectivity index (χ4v) is 1.60. The Bertz CT molecular complexity index is 541. The molecule has 0 aliphatic carbocycles. The number of nitrogens with two attached hydrogens (primary N) is 1. The number of rotatable bonds is 3. The van der Waals surface area contributed by atoms with E-state index in [-0.39, 0.29) is 11.5 Å². The Kier molecular flexibility index (Phi) is 3.57. The van der Waals surface area contributed by atoms with Crippen molar-refractivity contribution in [2.45, 2.75) is 26.8 Å². The molecule has 0 amide bonds. The molecule has 1 aromatic heterocycles. The first-order valence-electron chi connectivity index (χ1n) is 6.15. The zero-order chi connectivity index (χ0) is 14.0. The first kappa shape index (κ1) is 13.5. The van der Waals surface area contributed by atoms with Crippen LogP contribution >= 0.6 is 0 Å². The summed E-state index contributed by atoms with van der Waals surface area (Å²) in [5.74, 6) is 1.78. The Morgan fingerprint density at radius 2 is 1.84 bits per heavy atom. The van der Waals surface area contributed by atoms with Crippen molar-refractivity contribution >= 4 is 0 Å². The normalized spacial score (nSPS) is 13.3. The van der Waals surface area contributed by atoms with E-state index in [1.807, 2.05) is 45.0 Å². The third-order valence-corrected chi connectivity index (χ3v) is 2.99. The van der Waals surface area contributed by atoms with Crippen molar-refractivity contribution in [2.75, 3.05) is 7.11 Å². The van der Waals surface area contributed by atoms with Gasteiger partial charge in [0.1, 0.15) is 5.75 Å². The molecule has 0 radical (unpaired) electrons. The van der Waals surface area contributed by atoms with Gasteiger partial charge in [0.2, 0.25) is 0 Å². The molecule has 1 unspecified atom stereocenters. The van der Waals surface area contributed by atoms with Gasteiger partial charge < -0.3 is 15.0 Å². The summed E-state index contributed by atoms with van der Waals surface area (Å²) in [6.45, 7) is 6.13. The van der Waals surface area contributed by atoms with E-state index in [1.165, 1.54) is 0 Å². The maximum absolute atomic E-state index is 6.10. The summed E-state index contributed by atoms with van der Waals surface area (Å²) in [5, 5.41) is 3.96. The second-order valence-electron chi connectivity index (χ2n) is 5.53. The summed E-state index contributed by atoms with van der Waals surface area (Å²) in [7, 11) is 1.63. The molecule has 0 aliphatic heterocycles. The molecule has 1 atom stereocenters. The highest BCUT2D eigenvalue weighted by Crippen LogP contribution is 2.30. The van der Waals surface area contributed by atoms with E-state index < -0.39 is 0 Å². The van der Waals surface area contributed by atoms with Crippen LogP contribution in [0.4, 0.5) is 0 Å². The van der Waals surface area contributed by atoms with Crippen molar-refractivity contribution in [1.82, 2.24) is 10.1 Å². The molecule has 1 aromatic carbocycles. The number of hydrogen-bond donors (Lipinski definition) is 1. The maximum Gasteiger partial charge on any atom is 0.257 e. The van der Waals surface area contributed by atoms with E-state index >= 15 is 0 Å². The molecule has 0 saturated carbocycles. The first-order valence-corrected chi connectivity index (χ1v) is 6.15. The molecule has 1 heterocycles. The van der Waals surface area contributed by atoms with Crippen molar-refractivity contribution in [3.63, 3.8) is 0 Å². The second-order valence-corrected chi connectivity index (χ2v) is 5.53. The van der Waals surface area contributed by atoms with E-state index in [0.717, 1.165) is 11.3 Å². The van der Waals surface area contributed by atoms with Gasteiger partial charge in [0, 0.05) is 5.56 Å². The van der Waals surface area contributed by atoms with Gasteiger partial charge in [-0.1, -0.05) is 25.9 Å². The van der Waals surface area contributed by atoms with Crippen LogP contribution in [0.15, 0.2) is 28.8 Å². The Labute approximate surface area is 112 Å². The fourth-order valence-electron chi connectivity index (χ4n) is 1.60. The van der Waals surface area contributed by atoms with Crippen molar-refractivity contribution in [3.8, 4) is 17.2 Å². The zero-order valence-corrected chi connectivity index (χ0v) is 11.7. The molecule has 5 nitrogen and oxygen atoms in total. The first-order chi connectivity index (χ1) is 8.91. The zero-order valence-electron chi connectivity index (χ0n) is 11.7. The lowest BCUT2D eigenvalue weighted by Gasteiger charge is -2.23. The Morgan fingerprint density at radius 1 is 1.21 bits per heavy atom. The molecule has 102 valence electrons. The summed E-state index contributed by atoms with van der Waals surface area (Å²) in [5.41, 5.74) is 6.84. The largest absolute Gasteiger partial charge is 0.497 e. The van der Waals surface area contributed by atoms with Crippen LogP contribution in [-0.2, 0) is 0 Å². The second kappa shape index (κ2) is 5.01. The predicted octanol–water partition coefficient (Wildman–Crippen LogP) is 2.79. The molecule has 2 rings (SSSR count). The molecule has 0 aliphatic rings. The highest BCUT2D eigenvalue weighted by molar-refractivity contribution is 5.54. The van der Waals surface area contributed by atoms with Gasteiger partial charge in [-0.25, -0.2) is 0 Å². The van der Waals surface area contributed by atoms with Gasteiger partial charge in [0.25, 0.3) is 5.89 Å². The topological polar surface area (TPSA) is 74.2 Å². The quantitative estimate of drug-likeness (QED) is 0.919. The highest BCUT2D eigenvalue weighted by Gasteiger charge is 2.27. The third-order valence-electron chi connectivity index (χ3n) is 2.99. The van der Waals surface area contributed by atoms with Crippen LogP contribution in [0.25, 0.3) is 11.5 Å². The third kappa shape index (κ3) is 2.93. The van der Waals surface area contributed by atoms with E-state index in [2.05, 4.69) is 10.1 Å². The summed E-state index contributed by atoms with van der Waals surface area (Å²) < 4.78 is 10.4. The fraction of sp³-hybridized carbons (Fsp3) is 0.429. The van der Waals surface area contributed by atoms with Gasteiger partial charge in [-0.05, 0) is 29.7 Å². The van der Waals surface area contributed by atoms with Crippen molar-refractivity contribution in [1.29, 1.82) is 0 Å². The molecule has 5 heteroatoms. The van der Waals surface area contributed by atoms with Crippen molar-refractivity contribution < 1.29 is 9.26 Å². The van der Waals surface area contributed by atoms with Crippen LogP contribution in [0.2, 0.25) is 0 Å².